The van der Waals surface area contributed by atoms with Gasteiger partial charge in [0.15, 0.2) is 0 Å². The van der Waals surface area contributed by atoms with Gasteiger partial charge in [0.2, 0.25) is 0 Å². The van der Waals surface area contributed by atoms with Gasteiger partial charge in [0, 0.05) is 17.3 Å². The maximum atomic E-state index is 13.2. The van der Waals surface area contributed by atoms with Crippen LogP contribution in [0.15, 0.2) is 11.6 Å². The van der Waals surface area contributed by atoms with Crippen molar-refractivity contribution in [3.05, 3.63) is 11.6 Å². The molecule has 49 heavy (non-hydrogen) atoms. The van der Waals surface area contributed by atoms with E-state index in [0.717, 1.165) is 38.5 Å². The zero-order valence-corrected chi connectivity index (χ0v) is 34.0. The molecule has 0 aromatic heterocycles. The quantitative estimate of drug-likeness (QED) is 0.106. The lowest BCUT2D eigenvalue weighted by Crippen LogP contribution is -2.66. The summed E-state index contributed by atoms with van der Waals surface area (Å²) in [6.45, 7) is 22.3. The summed E-state index contributed by atoms with van der Waals surface area (Å²) >= 11 is 0. The molecule has 0 spiro atoms. The number of hydrogen-bond donors (Lipinski definition) is 1. The molecule has 5 rings (SSSR count). The molecule has 4 saturated carbocycles. The molecule has 3 heteroatoms. The average molecular weight is 681 g/mol. The van der Waals surface area contributed by atoms with Crippen LogP contribution in [0.2, 0.25) is 0 Å². The average Bonchev–Trinajstić information content (AvgIpc) is 3.02. The van der Waals surface area contributed by atoms with E-state index in [1.807, 2.05) is 0 Å². The van der Waals surface area contributed by atoms with E-state index in [0.29, 0.717) is 29.6 Å². The fourth-order valence-electron chi connectivity index (χ4n) is 13.3. The third-order valence-electron chi connectivity index (χ3n) is 16.8. The fourth-order valence-corrected chi connectivity index (χ4v) is 13.3. The van der Waals surface area contributed by atoms with Gasteiger partial charge < -0.3 is 9.84 Å². The number of carbonyl (C=O) groups excluding carboxylic acids is 1. The molecule has 0 radical (unpaired) electrons. The minimum absolute atomic E-state index is 0.0159. The second kappa shape index (κ2) is 15.3. The summed E-state index contributed by atoms with van der Waals surface area (Å²) in [6, 6.07) is 0. The van der Waals surface area contributed by atoms with E-state index in [1.54, 1.807) is 5.57 Å². The first kappa shape index (κ1) is 39.4. The first-order chi connectivity index (χ1) is 23.1. The molecular weight excluding hydrogens is 601 g/mol. The number of fused-ring (bicyclic) bond motifs is 7. The third kappa shape index (κ3) is 7.51. The minimum atomic E-state index is -0.224. The number of rotatable bonds is 15. The first-order valence-electron chi connectivity index (χ1n) is 21.6. The van der Waals surface area contributed by atoms with Crippen molar-refractivity contribution in [2.45, 2.75) is 222 Å². The maximum absolute atomic E-state index is 13.2. The van der Waals surface area contributed by atoms with E-state index >= 15 is 0 Å². The highest BCUT2D eigenvalue weighted by Gasteiger charge is 2.69. The summed E-state index contributed by atoms with van der Waals surface area (Å²) in [4.78, 5) is 13.2. The van der Waals surface area contributed by atoms with Crippen LogP contribution in [0.25, 0.3) is 0 Å². The molecular formula is C46H80O3. The van der Waals surface area contributed by atoms with Crippen LogP contribution in [0.1, 0.15) is 210 Å². The van der Waals surface area contributed by atoms with Gasteiger partial charge in [0.1, 0.15) is 6.10 Å². The normalized spacial score (nSPS) is 40.7. The van der Waals surface area contributed by atoms with Gasteiger partial charge in [0.25, 0.3) is 0 Å². The van der Waals surface area contributed by atoms with Crippen molar-refractivity contribution in [1.82, 2.24) is 0 Å². The van der Waals surface area contributed by atoms with Gasteiger partial charge in [-0.3, -0.25) is 4.79 Å². The summed E-state index contributed by atoms with van der Waals surface area (Å²) in [5.74, 6) is 1.68. The van der Waals surface area contributed by atoms with Crippen molar-refractivity contribution in [3.8, 4) is 0 Å². The van der Waals surface area contributed by atoms with Gasteiger partial charge in [-0.05, 0) is 104 Å². The number of ether oxygens (including phenoxy) is 1. The van der Waals surface area contributed by atoms with Gasteiger partial charge >= 0.3 is 5.97 Å². The van der Waals surface area contributed by atoms with Crippen LogP contribution in [-0.4, -0.2) is 23.3 Å². The molecule has 0 saturated heterocycles. The molecule has 4 fully saturated rings. The Morgan fingerprint density at radius 1 is 0.714 bits per heavy atom. The highest BCUT2D eigenvalue weighted by molar-refractivity contribution is 5.69. The van der Waals surface area contributed by atoms with Crippen molar-refractivity contribution in [3.63, 3.8) is 0 Å². The lowest BCUT2D eigenvalue weighted by Gasteiger charge is -2.72. The number of hydrogen-bond acceptors (Lipinski definition) is 3. The van der Waals surface area contributed by atoms with Crippen LogP contribution in [0, 0.1) is 50.2 Å². The van der Waals surface area contributed by atoms with Gasteiger partial charge in [-0.1, -0.05) is 151 Å². The zero-order chi connectivity index (χ0) is 35.7. The number of carbonyl (C=O) groups is 1. The van der Waals surface area contributed by atoms with E-state index in [2.05, 4.69) is 68.4 Å². The van der Waals surface area contributed by atoms with Crippen LogP contribution in [0.5, 0.6) is 0 Å². The molecule has 1 N–H and O–H groups in total. The van der Waals surface area contributed by atoms with E-state index in [-0.39, 0.29) is 45.3 Å². The van der Waals surface area contributed by atoms with Crippen LogP contribution >= 0.6 is 0 Å². The molecule has 9 atom stereocenters. The van der Waals surface area contributed by atoms with Gasteiger partial charge in [-0.2, -0.15) is 0 Å². The Labute approximate surface area is 304 Å². The zero-order valence-electron chi connectivity index (χ0n) is 34.0. The number of allylic oxidation sites excluding steroid dienone is 2. The summed E-state index contributed by atoms with van der Waals surface area (Å²) in [6.07, 6.45) is 30.5. The van der Waals surface area contributed by atoms with Crippen molar-refractivity contribution >= 4 is 5.97 Å². The molecule has 0 aliphatic heterocycles. The Morgan fingerprint density at radius 3 is 1.92 bits per heavy atom. The molecule has 3 nitrogen and oxygen atoms in total. The largest absolute Gasteiger partial charge is 0.462 e. The second-order valence-corrected chi connectivity index (χ2v) is 20.8. The number of unbranched alkanes of at least 4 members (excludes halogenated alkanes) is 12. The minimum Gasteiger partial charge on any atom is -0.462 e. The predicted octanol–water partition coefficient (Wildman–Crippen LogP) is 13.2. The second-order valence-electron chi connectivity index (χ2n) is 20.8. The highest BCUT2D eigenvalue weighted by Crippen LogP contribution is 2.75. The standard InChI is InChI=1S/C46H80O3/c1-10-11-12-13-14-15-16-17-18-19-20-21-22-23-40(48)49-39-27-28-44(7)36(42(39,4)5)26-29-45(8)37(44)25-24-34-35-32-41(2,3)30-31-43(35,6)38(47)33-46(34,45)9/h24,35-39,47H,10-23,25-33H2,1-9H3/t35-,36+,37-,38+,39+,43+,44+,45-,46-/m1/s1. The summed E-state index contributed by atoms with van der Waals surface area (Å²) < 4.78 is 6.39. The predicted molar refractivity (Wildman–Crippen MR) is 206 cm³/mol. The van der Waals surface area contributed by atoms with E-state index in [9.17, 15) is 9.90 Å². The smallest absolute Gasteiger partial charge is 0.306 e. The Morgan fingerprint density at radius 2 is 1.31 bits per heavy atom. The Balaban J connectivity index is 1.14. The van der Waals surface area contributed by atoms with E-state index < -0.39 is 0 Å². The lowest BCUT2D eigenvalue weighted by molar-refractivity contribution is -0.220. The summed E-state index contributed by atoms with van der Waals surface area (Å²) in [5, 5.41) is 11.9. The Kier molecular flexibility index (Phi) is 12.3. The molecule has 0 heterocycles. The Hall–Kier alpha value is -0.830. The third-order valence-corrected chi connectivity index (χ3v) is 16.8. The van der Waals surface area contributed by atoms with Crippen molar-refractivity contribution in [2.24, 2.45) is 50.2 Å². The van der Waals surface area contributed by atoms with Crippen LogP contribution in [-0.2, 0) is 9.53 Å². The van der Waals surface area contributed by atoms with Crippen molar-refractivity contribution in [1.29, 1.82) is 0 Å². The van der Waals surface area contributed by atoms with Crippen LogP contribution < -0.4 is 0 Å². The SMILES string of the molecule is CCCCCCCCCCCCCCCC(=O)O[C@H]1CC[C@]2(C)[C@H]3CC=C4[C@H]5CC(C)(C)CC[C@]5(C)[C@@H](O)C[C@@]4(C)[C@]3(C)CC[C@H]2C1(C)C. The number of aliphatic hydroxyl groups is 1. The lowest BCUT2D eigenvalue weighted by atomic mass is 9.33. The van der Waals surface area contributed by atoms with E-state index in [1.165, 1.54) is 103 Å². The monoisotopic (exact) mass is 681 g/mol. The van der Waals surface area contributed by atoms with E-state index in [4.69, 9.17) is 4.74 Å². The van der Waals surface area contributed by atoms with Gasteiger partial charge in [-0.25, -0.2) is 0 Å². The maximum Gasteiger partial charge on any atom is 0.306 e. The van der Waals surface area contributed by atoms with Crippen molar-refractivity contribution in [2.75, 3.05) is 0 Å². The van der Waals surface area contributed by atoms with Crippen LogP contribution in [0.4, 0.5) is 0 Å². The molecule has 0 bridgehead atoms. The topological polar surface area (TPSA) is 46.5 Å². The first-order valence-corrected chi connectivity index (χ1v) is 21.6. The Bertz CT molecular complexity index is 1150. The fraction of sp³-hybridized carbons (Fsp3) is 0.935. The summed E-state index contributed by atoms with van der Waals surface area (Å²) in [7, 11) is 0. The molecule has 5 aliphatic carbocycles. The number of aliphatic hydroxyl groups excluding tert-OH is 1. The van der Waals surface area contributed by atoms with Crippen LogP contribution in [0.3, 0.4) is 0 Å². The van der Waals surface area contributed by atoms with Crippen molar-refractivity contribution < 1.29 is 14.6 Å². The molecule has 0 unspecified atom stereocenters. The highest BCUT2D eigenvalue weighted by atomic mass is 16.5. The molecule has 282 valence electrons. The molecule has 0 aromatic rings. The van der Waals surface area contributed by atoms with Gasteiger partial charge in [0.05, 0.1) is 6.10 Å². The molecule has 5 aliphatic rings. The van der Waals surface area contributed by atoms with Gasteiger partial charge in [-0.15, -0.1) is 0 Å². The molecule has 0 aromatic carbocycles. The molecule has 0 amide bonds. The number of esters is 1. The summed E-state index contributed by atoms with van der Waals surface area (Å²) in [5.41, 5.74) is 2.49.